The van der Waals surface area contributed by atoms with E-state index in [0.717, 1.165) is 5.69 Å². The van der Waals surface area contributed by atoms with Crippen LogP contribution in [0.4, 0.5) is 5.69 Å². The second-order valence-electron chi connectivity index (χ2n) is 7.31. The average Bonchev–Trinajstić information content (AvgIpc) is 3.12. The molecular formula is C25H17BN2. The molecule has 1 aliphatic heterocycles. The molecule has 1 aromatic heterocycles. The lowest BCUT2D eigenvalue weighted by Gasteiger charge is -2.27. The van der Waals surface area contributed by atoms with Gasteiger partial charge in [0, 0.05) is 16.5 Å². The molecular weight excluding hydrogens is 339 g/mol. The fourth-order valence-electron chi connectivity index (χ4n) is 4.83. The maximum absolute atomic E-state index is 4.35. The third-order valence-electron chi connectivity index (χ3n) is 5.93. The molecule has 0 aliphatic carbocycles. The highest BCUT2D eigenvalue weighted by Gasteiger charge is 2.33. The van der Waals surface area contributed by atoms with Crippen molar-refractivity contribution in [2.75, 3.05) is 0 Å². The van der Waals surface area contributed by atoms with Gasteiger partial charge in [-0.25, -0.2) is 0 Å². The van der Waals surface area contributed by atoms with E-state index in [1.165, 1.54) is 43.9 Å². The predicted molar refractivity (Wildman–Crippen MR) is 121 cm³/mol. The molecule has 28 heavy (non-hydrogen) atoms. The van der Waals surface area contributed by atoms with Crippen molar-refractivity contribution in [3.63, 3.8) is 0 Å². The third-order valence-corrected chi connectivity index (χ3v) is 5.93. The lowest BCUT2D eigenvalue weighted by Crippen LogP contribution is -2.55. The summed E-state index contributed by atoms with van der Waals surface area (Å²) in [6.07, 6.45) is 0. The van der Waals surface area contributed by atoms with Gasteiger partial charge in [0.15, 0.2) is 0 Å². The van der Waals surface area contributed by atoms with E-state index in [4.69, 9.17) is 0 Å². The van der Waals surface area contributed by atoms with E-state index >= 15 is 0 Å². The first-order chi connectivity index (χ1) is 13.9. The Balaban J connectivity index is 1.87. The Bertz CT molecular complexity index is 1380. The van der Waals surface area contributed by atoms with E-state index < -0.39 is 0 Å². The van der Waals surface area contributed by atoms with Gasteiger partial charge in [-0.15, -0.1) is 0 Å². The third kappa shape index (κ3) is 1.91. The predicted octanol–water partition coefficient (Wildman–Crippen LogP) is 3.95. The largest absolute Gasteiger partial charge is 0.310 e. The van der Waals surface area contributed by atoms with Crippen molar-refractivity contribution in [3.05, 3.63) is 91.0 Å². The van der Waals surface area contributed by atoms with Crippen LogP contribution in [0.5, 0.6) is 0 Å². The standard InChI is InChI=1S/C25H17BN2/c1-27-21-16-15-20-25-24(21)18-11-5-7-13-22(18)28(25)23-14-8-6-12-19(23)26(20)17-9-3-2-4-10-17/h2-16H,1H2. The maximum Gasteiger partial charge on any atom is 0.246 e. The van der Waals surface area contributed by atoms with Crippen LogP contribution >= 0.6 is 0 Å². The minimum absolute atomic E-state index is 0.204. The van der Waals surface area contributed by atoms with E-state index in [-0.39, 0.29) is 6.71 Å². The second-order valence-corrected chi connectivity index (χ2v) is 7.31. The molecule has 0 N–H and O–H groups in total. The number of nitrogens with zero attached hydrogens (tertiary/aromatic N) is 2. The van der Waals surface area contributed by atoms with Crippen LogP contribution in [0.15, 0.2) is 96.0 Å². The zero-order chi connectivity index (χ0) is 18.7. The van der Waals surface area contributed by atoms with Crippen LogP contribution in [0.3, 0.4) is 0 Å². The van der Waals surface area contributed by atoms with Gasteiger partial charge < -0.3 is 4.57 Å². The Morgan fingerprint density at radius 3 is 2.32 bits per heavy atom. The van der Waals surface area contributed by atoms with E-state index in [9.17, 15) is 0 Å². The molecule has 0 amide bonds. The number of benzene rings is 4. The van der Waals surface area contributed by atoms with Crippen LogP contribution in [0, 0.1) is 0 Å². The zero-order valence-corrected chi connectivity index (χ0v) is 15.3. The minimum atomic E-state index is 0.204. The molecule has 2 heterocycles. The molecule has 0 spiro atoms. The smallest absolute Gasteiger partial charge is 0.246 e. The van der Waals surface area contributed by atoms with E-state index in [1.807, 2.05) is 0 Å². The molecule has 0 radical (unpaired) electrons. The molecule has 130 valence electrons. The number of fused-ring (bicyclic) bond motifs is 5. The van der Waals surface area contributed by atoms with Crippen molar-refractivity contribution in [1.29, 1.82) is 0 Å². The summed E-state index contributed by atoms with van der Waals surface area (Å²) >= 11 is 0. The normalized spacial score (nSPS) is 12.4. The van der Waals surface area contributed by atoms with Crippen molar-refractivity contribution in [2.24, 2.45) is 4.99 Å². The Labute approximate surface area is 163 Å². The molecule has 2 nitrogen and oxygen atoms in total. The van der Waals surface area contributed by atoms with Crippen molar-refractivity contribution in [2.45, 2.75) is 0 Å². The van der Waals surface area contributed by atoms with Gasteiger partial charge >= 0.3 is 0 Å². The lowest BCUT2D eigenvalue weighted by molar-refractivity contribution is 1.19. The van der Waals surface area contributed by atoms with E-state index in [2.05, 4.69) is 107 Å². The number of rotatable bonds is 2. The minimum Gasteiger partial charge on any atom is -0.310 e. The number of hydrogen-bond acceptors (Lipinski definition) is 1. The van der Waals surface area contributed by atoms with Crippen LogP contribution in [-0.2, 0) is 0 Å². The van der Waals surface area contributed by atoms with Crippen LogP contribution in [0.25, 0.3) is 27.5 Å². The molecule has 0 saturated heterocycles. The Kier molecular flexibility index (Phi) is 3.15. The molecule has 0 unspecified atom stereocenters. The molecule has 0 saturated carbocycles. The van der Waals surface area contributed by atoms with Crippen molar-refractivity contribution in [1.82, 2.24) is 4.57 Å². The lowest BCUT2D eigenvalue weighted by atomic mass is 9.35. The van der Waals surface area contributed by atoms with Gasteiger partial charge in [-0.2, -0.15) is 0 Å². The van der Waals surface area contributed by atoms with Gasteiger partial charge in [0.05, 0.1) is 16.7 Å². The van der Waals surface area contributed by atoms with E-state index in [0.29, 0.717) is 0 Å². The van der Waals surface area contributed by atoms with Crippen molar-refractivity contribution >= 4 is 57.3 Å². The quantitative estimate of drug-likeness (QED) is 0.330. The maximum atomic E-state index is 4.35. The summed E-state index contributed by atoms with van der Waals surface area (Å²) in [5.41, 5.74) is 8.63. The number of aromatic nitrogens is 1. The highest BCUT2D eigenvalue weighted by Crippen LogP contribution is 2.38. The molecule has 0 fully saturated rings. The first-order valence-electron chi connectivity index (χ1n) is 9.55. The fraction of sp³-hybridized carbons (Fsp3) is 0. The van der Waals surface area contributed by atoms with Crippen molar-refractivity contribution < 1.29 is 0 Å². The summed E-state index contributed by atoms with van der Waals surface area (Å²) in [4.78, 5) is 4.35. The van der Waals surface area contributed by atoms with Crippen LogP contribution in [0.2, 0.25) is 0 Å². The molecule has 3 heteroatoms. The molecule has 5 aromatic rings. The summed E-state index contributed by atoms with van der Waals surface area (Å²) in [7, 11) is 0. The van der Waals surface area contributed by atoms with Crippen LogP contribution in [-0.4, -0.2) is 18.0 Å². The molecule has 6 rings (SSSR count). The highest BCUT2D eigenvalue weighted by atomic mass is 15.0. The van der Waals surface area contributed by atoms with Crippen LogP contribution in [0.1, 0.15) is 0 Å². The topological polar surface area (TPSA) is 17.3 Å². The van der Waals surface area contributed by atoms with E-state index in [1.54, 1.807) is 0 Å². The van der Waals surface area contributed by atoms with Gasteiger partial charge in [0.2, 0.25) is 6.71 Å². The Morgan fingerprint density at radius 1 is 0.714 bits per heavy atom. The van der Waals surface area contributed by atoms with Crippen molar-refractivity contribution in [3.8, 4) is 5.69 Å². The summed E-state index contributed by atoms with van der Waals surface area (Å²) in [5.74, 6) is 0. The number of hydrogen-bond donors (Lipinski definition) is 0. The number of aliphatic imine (C=N–C) groups is 1. The van der Waals surface area contributed by atoms with Gasteiger partial charge in [0.25, 0.3) is 0 Å². The monoisotopic (exact) mass is 356 g/mol. The summed E-state index contributed by atoms with van der Waals surface area (Å²) in [6, 6.07) is 32.5. The molecule has 0 atom stereocenters. The summed E-state index contributed by atoms with van der Waals surface area (Å²) < 4.78 is 2.41. The van der Waals surface area contributed by atoms with Gasteiger partial charge in [-0.05, 0) is 35.8 Å². The first kappa shape index (κ1) is 15.5. The zero-order valence-electron chi connectivity index (χ0n) is 15.3. The van der Waals surface area contributed by atoms with Gasteiger partial charge in [-0.3, -0.25) is 4.99 Å². The number of para-hydroxylation sites is 2. The van der Waals surface area contributed by atoms with Crippen LogP contribution < -0.4 is 16.4 Å². The average molecular weight is 356 g/mol. The fourth-order valence-corrected chi connectivity index (χ4v) is 4.83. The molecule has 1 aliphatic rings. The Hall–Kier alpha value is -3.59. The molecule has 4 aromatic carbocycles. The SMILES string of the molecule is C=Nc1ccc2c3c1c1ccccc1n3-c1ccccc1B2c1ccccc1. The second kappa shape index (κ2) is 5.70. The summed E-state index contributed by atoms with van der Waals surface area (Å²) in [6.45, 7) is 4.04. The molecule has 0 bridgehead atoms. The summed E-state index contributed by atoms with van der Waals surface area (Å²) in [5, 5.41) is 2.42. The Morgan fingerprint density at radius 2 is 1.46 bits per heavy atom. The highest BCUT2D eigenvalue weighted by molar-refractivity contribution is 6.98. The van der Waals surface area contributed by atoms with Gasteiger partial charge in [0.1, 0.15) is 0 Å². The first-order valence-corrected chi connectivity index (χ1v) is 9.55. The van der Waals surface area contributed by atoms with Gasteiger partial charge in [-0.1, -0.05) is 78.3 Å².